The molecule has 2 heterocycles. The number of ether oxygens (including phenoxy) is 1. The number of hydrogen-bond donors (Lipinski definition) is 0. The summed E-state index contributed by atoms with van der Waals surface area (Å²) >= 11 is 0. The first-order valence-corrected chi connectivity index (χ1v) is 6.45. The molecule has 0 aromatic carbocycles. The van der Waals surface area contributed by atoms with E-state index in [2.05, 4.69) is 24.4 Å². The normalized spacial score (nSPS) is 10.8. The molecule has 18 heavy (non-hydrogen) atoms. The van der Waals surface area contributed by atoms with Crippen molar-refractivity contribution >= 4 is 11.5 Å². The van der Waals surface area contributed by atoms with E-state index in [0.717, 1.165) is 18.4 Å². The van der Waals surface area contributed by atoms with Crippen LogP contribution in [0.5, 0.6) is 0 Å². The third-order valence-electron chi connectivity index (χ3n) is 2.99. The summed E-state index contributed by atoms with van der Waals surface area (Å²) < 4.78 is 7.21. The minimum absolute atomic E-state index is 0.235. The Balaban J connectivity index is 2.57. The zero-order valence-electron chi connectivity index (χ0n) is 11.2. The van der Waals surface area contributed by atoms with Gasteiger partial charge in [-0.1, -0.05) is 19.4 Å². The molecule has 0 bridgehead atoms. The first kappa shape index (κ1) is 12.7. The predicted octanol–water partition coefficient (Wildman–Crippen LogP) is 3.38. The number of aryl methyl sites for hydroxylation is 2. The maximum atomic E-state index is 11.9. The van der Waals surface area contributed by atoms with Gasteiger partial charge in [0.2, 0.25) is 0 Å². The highest BCUT2D eigenvalue weighted by molar-refractivity contribution is 5.97. The van der Waals surface area contributed by atoms with E-state index in [1.807, 2.05) is 25.1 Å². The number of carbonyl (C=O) groups excluding carboxylic acids is 1. The van der Waals surface area contributed by atoms with Gasteiger partial charge in [-0.15, -0.1) is 0 Å². The molecule has 0 radical (unpaired) electrons. The molecule has 0 unspecified atom stereocenters. The number of nitrogens with zero attached hydrogens (tertiary/aromatic N) is 1. The van der Waals surface area contributed by atoms with E-state index >= 15 is 0 Å². The van der Waals surface area contributed by atoms with E-state index in [1.165, 1.54) is 11.3 Å². The third kappa shape index (κ3) is 2.26. The number of carbonyl (C=O) groups is 1. The van der Waals surface area contributed by atoms with E-state index in [9.17, 15) is 4.79 Å². The molecule has 0 atom stereocenters. The Morgan fingerprint density at radius 1 is 1.33 bits per heavy atom. The largest absolute Gasteiger partial charge is 0.462 e. The molecule has 96 valence electrons. The Morgan fingerprint density at radius 3 is 2.78 bits per heavy atom. The standard InChI is InChI=1S/C15H19NO2/c1-4-6-12-9-13(15(17)18-5-2)14-8-7-11(3)10-16(12)14/h7-10H,4-6H2,1-3H3. The molecule has 3 heteroatoms. The summed E-state index contributed by atoms with van der Waals surface area (Å²) in [5.74, 6) is -0.235. The molecule has 2 aromatic rings. The average Bonchev–Trinajstić information content (AvgIpc) is 2.69. The fraction of sp³-hybridized carbons (Fsp3) is 0.400. The lowest BCUT2D eigenvalue weighted by Gasteiger charge is -2.03. The van der Waals surface area contributed by atoms with Gasteiger partial charge in [0.15, 0.2) is 0 Å². The first-order chi connectivity index (χ1) is 8.67. The summed E-state index contributed by atoms with van der Waals surface area (Å²) in [6.07, 6.45) is 4.09. The lowest BCUT2D eigenvalue weighted by Crippen LogP contribution is -2.03. The molecule has 0 amide bonds. The van der Waals surface area contributed by atoms with Crippen LogP contribution in [0.2, 0.25) is 0 Å². The summed E-state index contributed by atoms with van der Waals surface area (Å²) in [4.78, 5) is 11.9. The van der Waals surface area contributed by atoms with E-state index in [-0.39, 0.29) is 5.97 Å². The minimum Gasteiger partial charge on any atom is -0.462 e. The van der Waals surface area contributed by atoms with E-state index < -0.39 is 0 Å². The molecular weight excluding hydrogens is 226 g/mol. The molecule has 0 N–H and O–H groups in total. The van der Waals surface area contributed by atoms with Gasteiger partial charge in [-0.3, -0.25) is 0 Å². The van der Waals surface area contributed by atoms with Gasteiger partial charge in [-0.2, -0.15) is 0 Å². The number of esters is 1. The van der Waals surface area contributed by atoms with Crippen LogP contribution >= 0.6 is 0 Å². The van der Waals surface area contributed by atoms with Crippen molar-refractivity contribution in [3.63, 3.8) is 0 Å². The van der Waals surface area contributed by atoms with Crippen molar-refractivity contribution in [2.24, 2.45) is 0 Å². The summed E-state index contributed by atoms with van der Waals surface area (Å²) in [6, 6.07) is 5.96. The summed E-state index contributed by atoms with van der Waals surface area (Å²) in [5.41, 5.74) is 3.95. The van der Waals surface area contributed by atoms with Crippen molar-refractivity contribution in [1.82, 2.24) is 4.40 Å². The summed E-state index contributed by atoms with van der Waals surface area (Å²) in [5, 5.41) is 0. The SMILES string of the molecule is CCCc1cc(C(=O)OCC)c2ccc(C)cn12. The second kappa shape index (κ2) is 5.25. The van der Waals surface area contributed by atoms with Gasteiger partial charge in [0.1, 0.15) is 0 Å². The fourth-order valence-corrected chi connectivity index (χ4v) is 2.20. The third-order valence-corrected chi connectivity index (χ3v) is 2.99. The van der Waals surface area contributed by atoms with E-state index in [4.69, 9.17) is 4.74 Å². The van der Waals surface area contributed by atoms with Crippen molar-refractivity contribution in [1.29, 1.82) is 0 Å². The van der Waals surface area contributed by atoms with Gasteiger partial charge in [0.25, 0.3) is 0 Å². The maximum Gasteiger partial charge on any atom is 0.340 e. The Bertz CT molecular complexity index is 569. The Hall–Kier alpha value is -1.77. The van der Waals surface area contributed by atoms with Crippen LogP contribution in [0.3, 0.4) is 0 Å². The molecule has 0 aliphatic rings. The van der Waals surface area contributed by atoms with Crippen molar-refractivity contribution in [2.45, 2.75) is 33.6 Å². The first-order valence-electron chi connectivity index (χ1n) is 6.45. The summed E-state index contributed by atoms with van der Waals surface area (Å²) in [6.45, 7) is 6.43. The molecule has 3 nitrogen and oxygen atoms in total. The van der Waals surface area contributed by atoms with Crippen molar-refractivity contribution in [2.75, 3.05) is 6.61 Å². The highest BCUT2D eigenvalue weighted by Crippen LogP contribution is 2.20. The summed E-state index contributed by atoms with van der Waals surface area (Å²) in [7, 11) is 0. The van der Waals surface area contributed by atoms with Crippen molar-refractivity contribution in [3.05, 3.63) is 41.2 Å². The Morgan fingerprint density at radius 2 is 2.11 bits per heavy atom. The number of pyridine rings is 1. The van der Waals surface area contributed by atoms with Gasteiger partial charge in [-0.25, -0.2) is 4.79 Å². The molecule has 2 aromatic heterocycles. The quantitative estimate of drug-likeness (QED) is 0.773. The van der Waals surface area contributed by atoms with Crippen molar-refractivity contribution in [3.8, 4) is 0 Å². The smallest absolute Gasteiger partial charge is 0.340 e. The van der Waals surface area contributed by atoms with Crippen molar-refractivity contribution < 1.29 is 9.53 Å². The van der Waals surface area contributed by atoms with Crippen LogP contribution in [0, 0.1) is 6.92 Å². The highest BCUT2D eigenvalue weighted by atomic mass is 16.5. The van der Waals surface area contributed by atoms with Gasteiger partial charge in [0, 0.05) is 11.9 Å². The van der Waals surface area contributed by atoms with Crippen LogP contribution in [0.4, 0.5) is 0 Å². The van der Waals surface area contributed by atoms with Crippen LogP contribution < -0.4 is 0 Å². The van der Waals surface area contributed by atoms with Crippen LogP contribution in [-0.2, 0) is 11.2 Å². The Kier molecular flexibility index (Phi) is 3.70. The van der Waals surface area contributed by atoms with Crippen LogP contribution in [0.25, 0.3) is 5.52 Å². The molecule has 0 saturated heterocycles. The number of aromatic nitrogens is 1. The Labute approximate surface area is 107 Å². The van der Waals surface area contributed by atoms with E-state index in [0.29, 0.717) is 12.2 Å². The second-order valence-corrected chi connectivity index (χ2v) is 4.48. The molecule has 0 fully saturated rings. The molecule has 2 rings (SSSR count). The minimum atomic E-state index is -0.235. The average molecular weight is 245 g/mol. The van der Waals surface area contributed by atoms with Gasteiger partial charge in [0.05, 0.1) is 17.7 Å². The highest BCUT2D eigenvalue weighted by Gasteiger charge is 2.15. The lowest BCUT2D eigenvalue weighted by molar-refractivity contribution is 0.0529. The lowest BCUT2D eigenvalue weighted by atomic mass is 10.2. The van der Waals surface area contributed by atoms with Gasteiger partial charge in [-0.05, 0) is 38.0 Å². The van der Waals surface area contributed by atoms with Gasteiger partial charge < -0.3 is 9.14 Å². The van der Waals surface area contributed by atoms with Crippen LogP contribution in [0.1, 0.15) is 41.9 Å². The monoisotopic (exact) mass is 245 g/mol. The predicted molar refractivity (Wildman–Crippen MR) is 72.1 cm³/mol. The second-order valence-electron chi connectivity index (χ2n) is 4.48. The number of fused-ring (bicyclic) bond motifs is 1. The van der Waals surface area contributed by atoms with Crippen LogP contribution in [0.15, 0.2) is 24.4 Å². The molecule has 0 spiro atoms. The molecule has 0 aliphatic heterocycles. The maximum absolute atomic E-state index is 11.9. The molecule has 0 saturated carbocycles. The van der Waals surface area contributed by atoms with Gasteiger partial charge >= 0.3 is 5.97 Å². The number of hydrogen-bond acceptors (Lipinski definition) is 2. The topological polar surface area (TPSA) is 30.7 Å². The van der Waals surface area contributed by atoms with Crippen LogP contribution in [-0.4, -0.2) is 17.0 Å². The zero-order chi connectivity index (χ0) is 13.1. The zero-order valence-corrected chi connectivity index (χ0v) is 11.2. The fourth-order valence-electron chi connectivity index (χ4n) is 2.20. The number of rotatable bonds is 4. The van der Waals surface area contributed by atoms with E-state index in [1.54, 1.807) is 0 Å². The molecule has 0 aliphatic carbocycles. The molecular formula is C15H19NO2.